The summed E-state index contributed by atoms with van der Waals surface area (Å²) in [5.74, 6) is 0.994. The molecule has 6 heteroatoms. The first kappa shape index (κ1) is 15.4. The van der Waals surface area contributed by atoms with E-state index in [1.807, 2.05) is 0 Å². The molecule has 1 aliphatic carbocycles. The summed E-state index contributed by atoms with van der Waals surface area (Å²) < 4.78 is 2.11. The van der Waals surface area contributed by atoms with E-state index < -0.39 is 5.97 Å². The molecular weight excluding hydrogens is 274 g/mol. The van der Waals surface area contributed by atoms with Gasteiger partial charge in [0.05, 0.1) is 5.75 Å². The summed E-state index contributed by atoms with van der Waals surface area (Å²) in [6.45, 7) is 2.99. The normalized spacial score (nSPS) is 16.4. The van der Waals surface area contributed by atoms with Crippen LogP contribution in [0.25, 0.3) is 0 Å². The standard InChI is InChI=1S/C14H23N3O2S/c1-2-8-17-12(9-11-6-4-3-5-7-11)15-16-14(17)20-10-13(18)19/h11H,2-10H2,1H3,(H,18,19). The second kappa shape index (κ2) is 7.67. The lowest BCUT2D eigenvalue weighted by molar-refractivity contribution is -0.133. The highest BCUT2D eigenvalue weighted by atomic mass is 32.2. The van der Waals surface area contributed by atoms with Crippen LogP contribution in [0.1, 0.15) is 51.3 Å². The summed E-state index contributed by atoms with van der Waals surface area (Å²) >= 11 is 1.27. The highest BCUT2D eigenvalue weighted by Crippen LogP contribution is 2.27. The van der Waals surface area contributed by atoms with Crippen LogP contribution < -0.4 is 0 Å². The van der Waals surface area contributed by atoms with E-state index in [0.717, 1.165) is 36.3 Å². The van der Waals surface area contributed by atoms with Crippen LogP contribution in [-0.4, -0.2) is 31.6 Å². The fraction of sp³-hybridized carbons (Fsp3) is 0.786. The van der Waals surface area contributed by atoms with Gasteiger partial charge in [-0.3, -0.25) is 4.79 Å². The van der Waals surface area contributed by atoms with Gasteiger partial charge in [0, 0.05) is 13.0 Å². The van der Waals surface area contributed by atoms with E-state index in [2.05, 4.69) is 21.7 Å². The lowest BCUT2D eigenvalue weighted by Gasteiger charge is -2.21. The molecule has 1 aromatic rings. The van der Waals surface area contributed by atoms with Gasteiger partial charge in [-0.25, -0.2) is 0 Å². The largest absolute Gasteiger partial charge is 0.481 e. The molecule has 0 aliphatic heterocycles. The SMILES string of the molecule is CCCn1c(CC2CCCCC2)nnc1SCC(=O)O. The highest BCUT2D eigenvalue weighted by Gasteiger charge is 2.19. The van der Waals surface area contributed by atoms with E-state index in [0.29, 0.717) is 0 Å². The van der Waals surface area contributed by atoms with Gasteiger partial charge < -0.3 is 9.67 Å². The molecule has 20 heavy (non-hydrogen) atoms. The third kappa shape index (κ3) is 4.23. The van der Waals surface area contributed by atoms with Gasteiger partial charge in [-0.05, 0) is 12.3 Å². The maximum absolute atomic E-state index is 10.7. The highest BCUT2D eigenvalue weighted by molar-refractivity contribution is 7.99. The van der Waals surface area contributed by atoms with E-state index in [1.54, 1.807) is 0 Å². The molecule has 0 amide bonds. The average Bonchev–Trinajstić information content (AvgIpc) is 2.81. The van der Waals surface area contributed by atoms with Crippen LogP contribution >= 0.6 is 11.8 Å². The Morgan fingerprint density at radius 1 is 1.35 bits per heavy atom. The first-order valence-corrected chi connectivity index (χ1v) is 8.46. The average molecular weight is 297 g/mol. The Bertz CT molecular complexity index is 442. The molecule has 0 atom stereocenters. The topological polar surface area (TPSA) is 68.0 Å². The molecule has 0 aromatic carbocycles. The number of carboxylic acids is 1. The van der Waals surface area contributed by atoms with Crippen LogP contribution in [0, 0.1) is 5.92 Å². The van der Waals surface area contributed by atoms with E-state index in [9.17, 15) is 4.79 Å². The maximum Gasteiger partial charge on any atom is 0.313 e. The van der Waals surface area contributed by atoms with Crippen molar-refractivity contribution in [2.24, 2.45) is 5.92 Å². The zero-order valence-corrected chi connectivity index (χ0v) is 12.9. The van der Waals surface area contributed by atoms with Gasteiger partial charge in [0.2, 0.25) is 0 Å². The smallest absolute Gasteiger partial charge is 0.313 e. The minimum Gasteiger partial charge on any atom is -0.481 e. The van der Waals surface area contributed by atoms with Crippen molar-refractivity contribution in [1.82, 2.24) is 14.8 Å². The molecule has 0 bridgehead atoms. The Morgan fingerprint density at radius 3 is 2.75 bits per heavy atom. The molecule has 1 heterocycles. The number of hydrogen-bond donors (Lipinski definition) is 1. The first-order valence-electron chi connectivity index (χ1n) is 7.47. The maximum atomic E-state index is 10.7. The van der Waals surface area contributed by atoms with Crippen LogP contribution in [0.2, 0.25) is 0 Å². The summed E-state index contributed by atoms with van der Waals surface area (Å²) in [5.41, 5.74) is 0. The van der Waals surface area contributed by atoms with Crippen LogP contribution in [0.3, 0.4) is 0 Å². The number of carbonyl (C=O) groups is 1. The number of thioether (sulfide) groups is 1. The minimum atomic E-state index is -0.810. The third-order valence-electron chi connectivity index (χ3n) is 3.76. The molecule has 1 saturated carbocycles. The number of rotatable bonds is 7. The van der Waals surface area contributed by atoms with Crippen LogP contribution in [-0.2, 0) is 17.8 Å². The van der Waals surface area contributed by atoms with Crippen molar-refractivity contribution in [3.05, 3.63) is 5.82 Å². The summed E-state index contributed by atoms with van der Waals surface area (Å²) in [7, 11) is 0. The Balaban J connectivity index is 2.04. The fourth-order valence-corrected chi connectivity index (χ4v) is 3.50. The molecule has 0 radical (unpaired) electrons. The second-order valence-corrected chi connectivity index (χ2v) is 6.38. The van der Waals surface area contributed by atoms with Crippen molar-refractivity contribution < 1.29 is 9.90 Å². The van der Waals surface area contributed by atoms with E-state index in [1.165, 1.54) is 43.9 Å². The Morgan fingerprint density at radius 2 is 2.10 bits per heavy atom. The number of carboxylic acid groups (broad SMARTS) is 1. The molecular formula is C14H23N3O2S. The van der Waals surface area contributed by atoms with Gasteiger partial charge in [0.15, 0.2) is 5.16 Å². The summed E-state index contributed by atoms with van der Waals surface area (Å²) in [4.78, 5) is 10.7. The summed E-state index contributed by atoms with van der Waals surface area (Å²) in [5, 5.41) is 18.0. The zero-order valence-electron chi connectivity index (χ0n) is 12.0. The van der Waals surface area contributed by atoms with Crippen LogP contribution in [0.15, 0.2) is 5.16 Å². The number of aromatic nitrogens is 3. The Hall–Kier alpha value is -1.04. The lowest BCUT2D eigenvalue weighted by Crippen LogP contribution is -2.14. The quantitative estimate of drug-likeness (QED) is 0.784. The van der Waals surface area contributed by atoms with Crippen molar-refractivity contribution in [2.75, 3.05) is 5.75 Å². The molecule has 2 rings (SSSR count). The Labute approximate surface area is 124 Å². The first-order chi connectivity index (χ1) is 9.70. The predicted molar refractivity (Wildman–Crippen MR) is 79.0 cm³/mol. The third-order valence-corrected chi connectivity index (χ3v) is 4.71. The van der Waals surface area contributed by atoms with Gasteiger partial charge in [0.1, 0.15) is 5.82 Å². The van der Waals surface area contributed by atoms with Gasteiger partial charge >= 0.3 is 5.97 Å². The van der Waals surface area contributed by atoms with Crippen LogP contribution in [0.4, 0.5) is 0 Å². The minimum absolute atomic E-state index is 0.0469. The molecule has 5 nitrogen and oxygen atoms in total. The predicted octanol–water partition coefficient (Wildman–Crippen LogP) is 2.99. The van der Waals surface area contributed by atoms with Gasteiger partial charge in [-0.1, -0.05) is 50.8 Å². The molecule has 112 valence electrons. The molecule has 1 N–H and O–H groups in total. The lowest BCUT2D eigenvalue weighted by atomic mass is 9.87. The number of nitrogens with zero attached hydrogens (tertiary/aromatic N) is 3. The van der Waals surface area contributed by atoms with Crippen molar-refractivity contribution >= 4 is 17.7 Å². The molecule has 1 aromatic heterocycles. The van der Waals surface area contributed by atoms with Crippen LogP contribution in [0.5, 0.6) is 0 Å². The second-order valence-electron chi connectivity index (χ2n) is 5.44. The number of aliphatic carboxylic acids is 1. The molecule has 1 aliphatic rings. The van der Waals surface area contributed by atoms with Crippen molar-refractivity contribution in [1.29, 1.82) is 0 Å². The number of hydrogen-bond acceptors (Lipinski definition) is 4. The van der Waals surface area contributed by atoms with Crippen molar-refractivity contribution in [3.63, 3.8) is 0 Å². The van der Waals surface area contributed by atoms with Gasteiger partial charge in [-0.15, -0.1) is 10.2 Å². The monoisotopic (exact) mass is 297 g/mol. The fourth-order valence-electron chi connectivity index (χ4n) is 2.80. The zero-order chi connectivity index (χ0) is 14.4. The Kier molecular flexibility index (Phi) is 5.88. The molecule has 1 fully saturated rings. The van der Waals surface area contributed by atoms with Crippen molar-refractivity contribution in [2.45, 2.75) is 63.6 Å². The van der Waals surface area contributed by atoms with Gasteiger partial charge in [-0.2, -0.15) is 0 Å². The van der Waals surface area contributed by atoms with Gasteiger partial charge in [0.25, 0.3) is 0 Å². The molecule has 0 unspecified atom stereocenters. The molecule has 0 spiro atoms. The van der Waals surface area contributed by atoms with E-state index in [4.69, 9.17) is 5.11 Å². The van der Waals surface area contributed by atoms with Crippen molar-refractivity contribution in [3.8, 4) is 0 Å². The molecule has 0 saturated heterocycles. The summed E-state index contributed by atoms with van der Waals surface area (Å²) in [6.07, 6.45) is 8.59. The van der Waals surface area contributed by atoms with E-state index >= 15 is 0 Å². The summed E-state index contributed by atoms with van der Waals surface area (Å²) in [6, 6.07) is 0. The van der Waals surface area contributed by atoms with E-state index in [-0.39, 0.29) is 5.75 Å².